The molecule has 0 radical (unpaired) electrons. The number of amides is 2. The maximum absolute atomic E-state index is 11.6. The number of rotatable bonds is 2. The van der Waals surface area contributed by atoms with Gasteiger partial charge in [0.15, 0.2) is 0 Å². The van der Waals surface area contributed by atoms with Gasteiger partial charge < -0.3 is 9.64 Å². The molecule has 3 rings (SSSR count). The van der Waals surface area contributed by atoms with E-state index in [4.69, 9.17) is 4.74 Å². The number of nitrogens with one attached hydrogen (secondary N) is 1. The molecule has 1 spiro atoms. The van der Waals surface area contributed by atoms with E-state index in [0.717, 1.165) is 31.6 Å². The molecule has 2 saturated heterocycles. The summed E-state index contributed by atoms with van der Waals surface area (Å²) in [4.78, 5) is 37.0. The summed E-state index contributed by atoms with van der Waals surface area (Å²) in [6.45, 7) is 1.61. The van der Waals surface area contributed by atoms with E-state index in [1.807, 2.05) is 12.1 Å². The first-order chi connectivity index (χ1) is 11.0. The molecular weight excluding hydrogens is 296 g/mol. The molecule has 0 aliphatic carbocycles. The molecule has 2 aliphatic heterocycles. The number of nitrogens with zero attached hydrogens (tertiary/aromatic N) is 1. The van der Waals surface area contributed by atoms with Gasteiger partial charge in [-0.05, 0) is 42.5 Å². The van der Waals surface area contributed by atoms with Crippen molar-refractivity contribution in [3.8, 4) is 0 Å². The molecule has 2 amide bonds. The summed E-state index contributed by atoms with van der Waals surface area (Å²) in [7, 11) is 1.36. The SMILES string of the molecule is COC(=O)c1ccc(N2CCC3(CC2)CC(=O)NC(=O)C3)cc1. The fourth-order valence-electron chi connectivity index (χ4n) is 3.51. The van der Waals surface area contributed by atoms with Crippen molar-refractivity contribution in [2.45, 2.75) is 25.7 Å². The number of carbonyl (C=O) groups is 3. The van der Waals surface area contributed by atoms with Crippen molar-refractivity contribution >= 4 is 23.5 Å². The Morgan fingerprint density at radius 2 is 1.65 bits per heavy atom. The van der Waals surface area contributed by atoms with Crippen molar-refractivity contribution < 1.29 is 19.1 Å². The molecule has 1 aromatic carbocycles. The van der Waals surface area contributed by atoms with Crippen LogP contribution in [-0.4, -0.2) is 38.0 Å². The monoisotopic (exact) mass is 316 g/mol. The normalized spacial score (nSPS) is 20.3. The highest BCUT2D eigenvalue weighted by molar-refractivity contribution is 5.98. The van der Waals surface area contributed by atoms with Gasteiger partial charge in [0.2, 0.25) is 11.8 Å². The summed E-state index contributed by atoms with van der Waals surface area (Å²) in [5, 5.41) is 2.38. The van der Waals surface area contributed by atoms with Gasteiger partial charge in [-0.2, -0.15) is 0 Å². The fraction of sp³-hybridized carbons (Fsp3) is 0.471. The average molecular weight is 316 g/mol. The Morgan fingerprint density at radius 3 is 2.17 bits per heavy atom. The molecule has 23 heavy (non-hydrogen) atoms. The Morgan fingerprint density at radius 1 is 1.09 bits per heavy atom. The molecule has 0 saturated carbocycles. The molecule has 0 aromatic heterocycles. The molecule has 0 atom stereocenters. The van der Waals surface area contributed by atoms with Crippen LogP contribution in [0.1, 0.15) is 36.0 Å². The zero-order valence-electron chi connectivity index (χ0n) is 13.1. The van der Waals surface area contributed by atoms with E-state index in [2.05, 4.69) is 10.2 Å². The molecular formula is C17H20N2O4. The van der Waals surface area contributed by atoms with Crippen molar-refractivity contribution in [3.63, 3.8) is 0 Å². The highest BCUT2D eigenvalue weighted by atomic mass is 16.5. The lowest BCUT2D eigenvalue weighted by atomic mass is 9.71. The van der Waals surface area contributed by atoms with Crippen molar-refractivity contribution in [2.24, 2.45) is 5.41 Å². The molecule has 1 aromatic rings. The first-order valence-electron chi connectivity index (χ1n) is 7.77. The van der Waals surface area contributed by atoms with E-state index in [0.29, 0.717) is 18.4 Å². The maximum atomic E-state index is 11.6. The molecule has 1 N–H and O–H groups in total. The van der Waals surface area contributed by atoms with E-state index in [9.17, 15) is 14.4 Å². The Hall–Kier alpha value is -2.37. The van der Waals surface area contributed by atoms with Crippen molar-refractivity contribution in [2.75, 3.05) is 25.1 Å². The Kier molecular flexibility index (Phi) is 4.07. The summed E-state index contributed by atoms with van der Waals surface area (Å²) in [6, 6.07) is 7.32. The summed E-state index contributed by atoms with van der Waals surface area (Å²) in [5.74, 6) is -0.657. The van der Waals surface area contributed by atoms with Crippen LogP contribution in [-0.2, 0) is 14.3 Å². The predicted molar refractivity (Wildman–Crippen MR) is 84.0 cm³/mol. The van der Waals surface area contributed by atoms with E-state index in [-0.39, 0.29) is 23.2 Å². The molecule has 0 unspecified atom stereocenters. The molecule has 6 heteroatoms. The minimum absolute atomic E-state index is 0.155. The van der Waals surface area contributed by atoms with Gasteiger partial charge in [0.05, 0.1) is 12.7 Å². The second kappa shape index (κ2) is 6.02. The van der Waals surface area contributed by atoms with E-state index in [1.165, 1.54) is 7.11 Å². The second-order valence-corrected chi connectivity index (χ2v) is 6.35. The van der Waals surface area contributed by atoms with E-state index < -0.39 is 0 Å². The maximum Gasteiger partial charge on any atom is 0.337 e. The molecule has 0 bridgehead atoms. The third-order valence-electron chi connectivity index (χ3n) is 4.83. The highest BCUT2D eigenvalue weighted by Gasteiger charge is 2.41. The van der Waals surface area contributed by atoms with E-state index in [1.54, 1.807) is 12.1 Å². The molecule has 122 valence electrons. The van der Waals surface area contributed by atoms with Crippen LogP contribution < -0.4 is 10.2 Å². The number of ether oxygens (including phenoxy) is 1. The van der Waals surface area contributed by atoms with Crippen LogP contribution in [0.4, 0.5) is 5.69 Å². The smallest absolute Gasteiger partial charge is 0.337 e. The number of hydrogen-bond donors (Lipinski definition) is 1. The number of benzene rings is 1. The predicted octanol–water partition coefficient (Wildman–Crippen LogP) is 1.50. The highest BCUT2D eigenvalue weighted by Crippen LogP contribution is 2.41. The summed E-state index contributed by atoms with van der Waals surface area (Å²) < 4.78 is 4.69. The van der Waals surface area contributed by atoms with Gasteiger partial charge in [-0.15, -0.1) is 0 Å². The third-order valence-corrected chi connectivity index (χ3v) is 4.83. The fourth-order valence-corrected chi connectivity index (χ4v) is 3.51. The quantitative estimate of drug-likeness (QED) is 0.661. The topological polar surface area (TPSA) is 75.7 Å². The van der Waals surface area contributed by atoms with Gasteiger partial charge in [0.1, 0.15) is 0 Å². The van der Waals surface area contributed by atoms with Gasteiger partial charge in [-0.1, -0.05) is 0 Å². The number of anilines is 1. The van der Waals surface area contributed by atoms with E-state index >= 15 is 0 Å². The minimum Gasteiger partial charge on any atom is -0.465 e. The standard InChI is InChI=1S/C17H20N2O4/c1-23-16(22)12-2-4-13(5-3-12)19-8-6-17(7-9-19)10-14(20)18-15(21)11-17/h2-5H,6-11H2,1H3,(H,18,20,21). The number of imide groups is 1. The summed E-state index contributed by atoms with van der Waals surface area (Å²) in [6.07, 6.45) is 2.53. The third kappa shape index (κ3) is 3.21. The van der Waals surface area contributed by atoms with Crippen LogP contribution in [0.2, 0.25) is 0 Å². The molecule has 2 heterocycles. The number of methoxy groups -OCH3 is 1. The summed E-state index contributed by atoms with van der Waals surface area (Å²) in [5.41, 5.74) is 1.39. The Balaban J connectivity index is 1.66. The van der Waals surface area contributed by atoms with Gasteiger partial charge in [-0.3, -0.25) is 14.9 Å². The lowest BCUT2D eigenvalue weighted by Gasteiger charge is -2.43. The molecule has 6 nitrogen and oxygen atoms in total. The van der Waals surface area contributed by atoms with Crippen molar-refractivity contribution in [1.82, 2.24) is 5.32 Å². The largest absolute Gasteiger partial charge is 0.465 e. The number of carbonyl (C=O) groups excluding carboxylic acids is 3. The van der Waals surface area contributed by atoms with Crippen LogP contribution in [0.3, 0.4) is 0 Å². The zero-order chi connectivity index (χ0) is 16.4. The second-order valence-electron chi connectivity index (χ2n) is 6.35. The zero-order valence-corrected chi connectivity index (χ0v) is 13.1. The van der Waals surface area contributed by atoms with Gasteiger partial charge >= 0.3 is 5.97 Å². The Labute approximate surface area is 134 Å². The van der Waals surface area contributed by atoms with Crippen LogP contribution in [0, 0.1) is 5.41 Å². The first kappa shape index (κ1) is 15.5. The number of esters is 1. The van der Waals surface area contributed by atoms with Crippen LogP contribution >= 0.6 is 0 Å². The summed E-state index contributed by atoms with van der Waals surface area (Å²) >= 11 is 0. The lowest BCUT2D eigenvalue weighted by Crippen LogP contribution is -2.50. The van der Waals surface area contributed by atoms with Gasteiger partial charge in [0, 0.05) is 31.6 Å². The molecule has 2 fully saturated rings. The van der Waals surface area contributed by atoms with Crippen LogP contribution in [0.15, 0.2) is 24.3 Å². The van der Waals surface area contributed by atoms with Crippen molar-refractivity contribution in [1.29, 1.82) is 0 Å². The number of hydrogen-bond acceptors (Lipinski definition) is 5. The van der Waals surface area contributed by atoms with Crippen LogP contribution in [0.25, 0.3) is 0 Å². The van der Waals surface area contributed by atoms with Crippen molar-refractivity contribution in [3.05, 3.63) is 29.8 Å². The number of piperidine rings is 2. The van der Waals surface area contributed by atoms with Gasteiger partial charge in [-0.25, -0.2) is 4.79 Å². The van der Waals surface area contributed by atoms with Crippen LogP contribution in [0.5, 0.6) is 0 Å². The first-order valence-corrected chi connectivity index (χ1v) is 7.77. The minimum atomic E-state index is -0.346. The Bertz CT molecular complexity index is 612. The lowest BCUT2D eigenvalue weighted by molar-refractivity contribution is -0.138. The van der Waals surface area contributed by atoms with Gasteiger partial charge in [0.25, 0.3) is 0 Å². The molecule has 2 aliphatic rings. The average Bonchev–Trinajstić information content (AvgIpc) is 2.54.